The SMILES string of the molecule is C/C(=C\CCCC(P(=O)(O)O)S(=O)(=O)[O-])COc1ccc(C)cc1.C/C(=C\CCCC(P(=O)(O)O)S(=O)(=O)[O-])COc1ccc(C)cc1.C/C(=C\CCCC(P(=O)(O)O)S(=O)(=O)[O-])COc1ccc(C)cc1.[K+].[K+].[K+]. The third-order valence-electron chi connectivity index (χ3n) is 10.0. The fraction of sp³-hybridized carbons (Fsp3) is 0.467. The minimum absolute atomic E-state index is 0. The van der Waals surface area contributed by atoms with Gasteiger partial charge in [0.05, 0.1) is 0 Å². The van der Waals surface area contributed by atoms with Crippen LogP contribution in [0.5, 0.6) is 17.2 Å². The van der Waals surface area contributed by atoms with Crippen LogP contribution in [0.2, 0.25) is 0 Å². The molecule has 0 saturated heterocycles. The maximum atomic E-state index is 11.1. The molecule has 3 aromatic carbocycles. The van der Waals surface area contributed by atoms with Crippen LogP contribution in [0.4, 0.5) is 0 Å². The Labute approximate surface area is 569 Å². The number of ether oxygens (including phenoxy) is 3. The molecule has 30 heteroatoms. The zero-order valence-electron chi connectivity index (χ0n) is 43.8. The molecular weight excluding hydrogens is 1180 g/mol. The number of hydrogen-bond acceptors (Lipinski definition) is 15. The summed E-state index contributed by atoms with van der Waals surface area (Å²) in [6.45, 7) is 12.5. The number of allylic oxidation sites excluding steroid dienone is 3. The summed E-state index contributed by atoms with van der Waals surface area (Å²) in [5.41, 5.74) is 6.07. The average molecular weight is 1250 g/mol. The van der Waals surface area contributed by atoms with Crippen LogP contribution in [0.25, 0.3) is 0 Å². The van der Waals surface area contributed by atoms with E-state index in [9.17, 15) is 52.6 Å². The fourth-order valence-electron chi connectivity index (χ4n) is 6.04. The Balaban J connectivity index is -0.00000102. The Morgan fingerprint density at radius 2 is 0.627 bits per heavy atom. The van der Waals surface area contributed by atoms with E-state index in [1.54, 1.807) is 18.2 Å². The predicted octanol–water partition coefficient (Wildman–Crippen LogP) is -1.37. The quantitative estimate of drug-likeness (QED) is 0.0169. The first kappa shape index (κ1) is 80.6. The molecule has 0 aliphatic rings. The molecule has 408 valence electrons. The van der Waals surface area contributed by atoms with Gasteiger partial charge >= 0.3 is 177 Å². The molecule has 0 spiro atoms. The summed E-state index contributed by atoms with van der Waals surface area (Å²) in [5.74, 6) is 2.19. The summed E-state index contributed by atoms with van der Waals surface area (Å²) in [6, 6.07) is 22.7. The number of unbranched alkanes of at least 4 members (excludes halogenated alkanes) is 3. The molecule has 3 rings (SSSR count). The Kier molecular flexibility index (Phi) is 41.9. The van der Waals surface area contributed by atoms with Gasteiger partial charge in [0.15, 0.2) is 15.0 Å². The second-order valence-electron chi connectivity index (χ2n) is 16.9. The van der Waals surface area contributed by atoms with Crippen LogP contribution >= 0.6 is 22.8 Å². The van der Waals surface area contributed by atoms with E-state index in [-0.39, 0.29) is 193 Å². The maximum Gasteiger partial charge on any atom is 1.00 e. The average Bonchev–Trinajstić information content (AvgIpc) is 3.23. The molecule has 3 aromatic rings. The first-order chi connectivity index (χ1) is 33.0. The van der Waals surface area contributed by atoms with E-state index in [1.165, 1.54) is 0 Å². The first-order valence-corrected chi connectivity index (χ1v) is 31.5. The predicted molar refractivity (Wildman–Crippen MR) is 269 cm³/mol. The van der Waals surface area contributed by atoms with Crippen LogP contribution in [0.1, 0.15) is 95.2 Å². The molecule has 0 heterocycles. The van der Waals surface area contributed by atoms with Crippen molar-refractivity contribution in [3.05, 3.63) is 124 Å². The molecule has 0 radical (unpaired) electrons. The van der Waals surface area contributed by atoms with Crippen molar-refractivity contribution >= 4 is 53.1 Å². The molecule has 0 aliphatic heterocycles. The van der Waals surface area contributed by atoms with Crippen molar-refractivity contribution in [2.75, 3.05) is 19.8 Å². The van der Waals surface area contributed by atoms with Gasteiger partial charge in [0, 0.05) is 0 Å². The van der Waals surface area contributed by atoms with Crippen molar-refractivity contribution in [3.63, 3.8) is 0 Å². The normalized spacial score (nSPS) is 13.9. The van der Waals surface area contributed by atoms with Gasteiger partial charge in [-0.15, -0.1) is 0 Å². The van der Waals surface area contributed by atoms with Crippen LogP contribution in [-0.4, -0.2) is 103 Å². The van der Waals surface area contributed by atoms with E-state index >= 15 is 0 Å². The molecule has 3 atom stereocenters. The second-order valence-corrected chi connectivity index (χ2v) is 28.0. The molecule has 0 saturated carbocycles. The first-order valence-electron chi connectivity index (χ1n) is 22.0. The molecule has 3 unspecified atom stereocenters. The number of rotatable bonds is 27. The topological polar surface area (TPSA) is 372 Å². The van der Waals surface area contributed by atoms with Gasteiger partial charge in [-0.3, -0.25) is 13.7 Å². The van der Waals surface area contributed by atoms with E-state index in [0.717, 1.165) is 50.7 Å². The monoisotopic (exact) mass is 1250 g/mol. The minimum atomic E-state index is -5.03. The molecular formula is C45H66K3O21P3S3. The van der Waals surface area contributed by atoms with Gasteiger partial charge in [-0.1, -0.05) is 71.3 Å². The van der Waals surface area contributed by atoms with Crippen LogP contribution in [0.15, 0.2) is 108 Å². The summed E-state index contributed by atoms with van der Waals surface area (Å²) < 4.78 is 148. The Bertz CT molecular complexity index is 2430. The molecule has 0 amide bonds. The van der Waals surface area contributed by atoms with Crippen molar-refractivity contribution in [3.8, 4) is 17.2 Å². The second kappa shape index (κ2) is 39.0. The van der Waals surface area contributed by atoms with Crippen molar-refractivity contribution in [1.82, 2.24) is 0 Å². The van der Waals surface area contributed by atoms with E-state index in [1.807, 2.05) is 114 Å². The van der Waals surface area contributed by atoms with E-state index in [4.69, 9.17) is 43.6 Å². The molecule has 6 N–H and O–H groups in total. The summed E-state index contributed by atoms with van der Waals surface area (Å²) >= 11 is 0. The summed E-state index contributed by atoms with van der Waals surface area (Å²) in [4.78, 5) is 47.2. The molecule has 0 bridgehead atoms. The van der Waals surface area contributed by atoms with Gasteiger partial charge in [-0.05, 0) is 152 Å². The van der Waals surface area contributed by atoms with E-state index < -0.39 is 68.1 Å². The molecule has 0 fully saturated rings. The van der Waals surface area contributed by atoms with Crippen LogP contribution < -0.4 is 168 Å². The molecule has 75 heavy (non-hydrogen) atoms. The largest absolute Gasteiger partial charge is 1.00 e. The zero-order chi connectivity index (χ0) is 55.1. The van der Waals surface area contributed by atoms with Gasteiger partial charge in [-0.2, -0.15) is 0 Å². The maximum absolute atomic E-state index is 11.1. The number of benzene rings is 3. The standard InChI is InChI=1S/3C15H23O7PS.3K/c3*1-12-7-9-14(10-8-12)22-11-13(2)5-3-4-6-15(23(16,17)18)24(19,20)21;;;/h3*5,7-10,15H,3-4,6,11H2,1-2H3,(H2,16,17,18)(H,19,20,21);;;/q;;;3*+1/p-3/b3*13-5+;;;. The van der Waals surface area contributed by atoms with E-state index in [2.05, 4.69) is 0 Å². The van der Waals surface area contributed by atoms with Gasteiger partial charge in [0.1, 0.15) is 67.4 Å². The number of hydrogen-bond donors (Lipinski definition) is 6. The van der Waals surface area contributed by atoms with Gasteiger partial charge in [0.25, 0.3) is 0 Å². The third-order valence-corrected chi connectivity index (χ3v) is 20.6. The van der Waals surface area contributed by atoms with Gasteiger partial charge in [0.2, 0.25) is 0 Å². The van der Waals surface area contributed by atoms with Gasteiger partial charge in [-0.25, -0.2) is 25.3 Å². The zero-order valence-corrected chi connectivity index (χ0v) is 58.3. The number of aryl methyl sites for hydroxylation is 3. The summed E-state index contributed by atoms with van der Waals surface area (Å²) in [5, 5.41) is 0. The Morgan fingerprint density at radius 3 is 0.787 bits per heavy atom. The van der Waals surface area contributed by atoms with Crippen LogP contribution in [0.3, 0.4) is 0 Å². The smallest absolute Gasteiger partial charge is 0.747 e. The molecule has 0 aliphatic carbocycles. The molecule has 21 nitrogen and oxygen atoms in total. The fourth-order valence-corrected chi connectivity index (χ4v) is 13.0. The molecule has 0 aromatic heterocycles. The summed E-state index contributed by atoms with van der Waals surface area (Å²) in [7, 11) is -30.0. The van der Waals surface area contributed by atoms with Gasteiger partial charge < -0.3 is 57.2 Å². The minimum Gasteiger partial charge on any atom is -0.747 e. The van der Waals surface area contributed by atoms with Crippen molar-refractivity contribution in [2.24, 2.45) is 0 Å². The third kappa shape index (κ3) is 38.0. The van der Waals surface area contributed by atoms with Crippen molar-refractivity contribution < 1.29 is 250 Å². The van der Waals surface area contributed by atoms with Crippen LogP contribution in [0, 0.1) is 20.8 Å². The van der Waals surface area contributed by atoms with Crippen molar-refractivity contribution in [2.45, 2.75) is 114 Å². The van der Waals surface area contributed by atoms with Crippen molar-refractivity contribution in [1.29, 1.82) is 0 Å². The van der Waals surface area contributed by atoms with E-state index in [0.29, 0.717) is 39.1 Å². The Hall–Kier alpha value is 1.37. The summed E-state index contributed by atoms with van der Waals surface area (Å²) in [6.07, 6.45) is 5.99. The Morgan fingerprint density at radius 1 is 0.440 bits per heavy atom. The van der Waals surface area contributed by atoms with Crippen LogP contribution in [-0.2, 0) is 44.0 Å².